The van der Waals surface area contributed by atoms with Crippen LogP contribution in [0, 0.1) is 0 Å². The zero-order valence-electron chi connectivity index (χ0n) is 14.8. The van der Waals surface area contributed by atoms with Gasteiger partial charge in [-0.15, -0.1) is 0 Å². The zero-order valence-corrected chi connectivity index (χ0v) is 15.6. The number of likely N-dealkylation sites (N-methyl/N-ethyl adjacent to an activating group) is 1. The van der Waals surface area contributed by atoms with Crippen LogP contribution in [-0.4, -0.2) is 51.8 Å². The van der Waals surface area contributed by atoms with Crippen molar-refractivity contribution in [3.8, 4) is 5.75 Å². The van der Waals surface area contributed by atoms with E-state index in [-0.39, 0.29) is 11.8 Å². The van der Waals surface area contributed by atoms with E-state index in [1.807, 2.05) is 30.3 Å². The Bertz CT molecular complexity index is 780. The Hall–Kier alpha value is -2.54. The Kier molecular flexibility index (Phi) is 7.47. The van der Waals surface area contributed by atoms with Gasteiger partial charge in [-0.1, -0.05) is 36.4 Å². The van der Waals surface area contributed by atoms with Crippen molar-refractivity contribution in [2.75, 3.05) is 32.5 Å². The molecule has 2 aromatic rings. The summed E-state index contributed by atoms with van der Waals surface area (Å²) < 4.78 is 29.8. The summed E-state index contributed by atoms with van der Waals surface area (Å²) in [7, 11) is -1.64. The van der Waals surface area contributed by atoms with Gasteiger partial charge in [-0.3, -0.25) is 0 Å². The number of sulfone groups is 1. The fourth-order valence-electron chi connectivity index (χ4n) is 2.26. The molecule has 2 amide bonds. The normalized spacial score (nSPS) is 11.0. The molecule has 0 fully saturated rings. The second-order valence-electron chi connectivity index (χ2n) is 5.80. The number of hydrogen-bond donors (Lipinski definition) is 1. The summed E-state index contributed by atoms with van der Waals surface area (Å²) in [5, 5.41) is 2.72. The minimum absolute atomic E-state index is 0.00186. The summed E-state index contributed by atoms with van der Waals surface area (Å²) in [5.41, 5.74) is 0. The highest BCUT2D eigenvalue weighted by molar-refractivity contribution is 7.91. The monoisotopic (exact) mass is 376 g/mol. The largest absolute Gasteiger partial charge is 0.492 e. The first kappa shape index (κ1) is 19.8. The molecule has 0 unspecified atom stereocenters. The molecular formula is C19H24N2O4S. The first-order valence-corrected chi connectivity index (χ1v) is 10.1. The molecule has 2 rings (SSSR count). The van der Waals surface area contributed by atoms with Gasteiger partial charge in [0.1, 0.15) is 12.4 Å². The number of nitrogens with zero attached hydrogens (tertiary/aromatic N) is 1. The summed E-state index contributed by atoms with van der Waals surface area (Å²) in [6.07, 6.45) is 0.358. The van der Waals surface area contributed by atoms with Gasteiger partial charge >= 0.3 is 6.03 Å². The molecule has 0 bridgehead atoms. The Labute approximate surface area is 154 Å². The number of amides is 2. The molecule has 0 aliphatic rings. The van der Waals surface area contributed by atoms with E-state index in [2.05, 4.69) is 5.32 Å². The van der Waals surface area contributed by atoms with Crippen LogP contribution in [0.25, 0.3) is 0 Å². The molecule has 0 spiro atoms. The lowest BCUT2D eigenvalue weighted by molar-refractivity contribution is 0.195. The van der Waals surface area contributed by atoms with E-state index in [0.29, 0.717) is 31.0 Å². The SMILES string of the molecule is CN(CCOc1ccccc1)C(=O)NCCCS(=O)(=O)c1ccccc1. The van der Waals surface area contributed by atoms with E-state index >= 15 is 0 Å². The second kappa shape index (κ2) is 9.82. The standard InChI is InChI=1S/C19H24N2O4S/c1-21(14-15-25-17-9-4-2-5-10-17)19(22)20-13-8-16-26(23,24)18-11-6-3-7-12-18/h2-7,9-12H,8,13-16H2,1H3,(H,20,22). The summed E-state index contributed by atoms with van der Waals surface area (Å²) in [5.74, 6) is 0.755. The highest BCUT2D eigenvalue weighted by atomic mass is 32.2. The van der Waals surface area contributed by atoms with Gasteiger partial charge in [0, 0.05) is 13.6 Å². The van der Waals surface area contributed by atoms with E-state index in [0.717, 1.165) is 5.75 Å². The summed E-state index contributed by atoms with van der Waals surface area (Å²) in [6.45, 7) is 1.12. The molecule has 0 aliphatic carbocycles. The fourth-order valence-corrected chi connectivity index (χ4v) is 3.59. The van der Waals surface area contributed by atoms with Crippen molar-refractivity contribution >= 4 is 15.9 Å². The van der Waals surface area contributed by atoms with Crippen LogP contribution < -0.4 is 10.1 Å². The number of urea groups is 1. The Balaban J connectivity index is 1.65. The number of ether oxygens (including phenoxy) is 1. The van der Waals surface area contributed by atoms with Crippen LogP contribution in [0.5, 0.6) is 5.75 Å². The van der Waals surface area contributed by atoms with Crippen molar-refractivity contribution in [1.29, 1.82) is 0 Å². The lowest BCUT2D eigenvalue weighted by Gasteiger charge is -2.18. The van der Waals surface area contributed by atoms with Gasteiger partial charge in [-0.2, -0.15) is 0 Å². The smallest absolute Gasteiger partial charge is 0.317 e. The van der Waals surface area contributed by atoms with Gasteiger partial charge in [-0.05, 0) is 30.7 Å². The Morgan fingerprint density at radius 2 is 1.65 bits per heavy atom. The zero-order chi connectivity index (χ0) is 18.8. The predicted molar refractivity (Wildman–Crippen MR) is 101 cm³/mol. The maximum absolute atomic E-state index is 12.1. The number of carbonyl (C=O) groups is 1. The van der Waals surface area contributed by atoms with Gasteiger partial charge in [0.2, 0.25) is 0 Å². The molecule has 140 valence electrons. The van der Waals surface area contributed by atoms with Crippen molar-refractivity contribution in [3.63, 3.8) is 0 Å². The molecule has 0 atom stereocenters. The van der Waals surface area contributed by atoms with E-state index in [1.165, 1.54) is 4.90 Å². The van der Waals surface area contributed by atoms with Gasteiger partial charge in [0.25, 0.3) is 0 Å². The molecule has 26 heavy (non-hydrogen) atoms. The molecule has 1 N–H and O–H groups in total. The molecule has 0 aliphatic heterocycles. The second-order valence-corrected chi connectivity index (χ2v) is 7.91. The van der Waals surface area contributed by atoms with Crippen LogP contribution in [0.15, 0.2) is 65.6 Å². The number of benzene rings is 2. The highest BCUT2D eigenvalue weighted by Gasteiger charge is 2.14. The fraction of sp³-hybridized carbons (Fsp3) is 0.316. The minimum Gasteiger partial charge on any atom is -0.492 e. The Morgan fingerprint density at radius 3 is 2.31 bits per heavy atom. The highest BCUT2D eigenvalue weighted by Crippen LogP contribution is 2.11. The Morgan fingerprint density at radius 1 is 1.04 bits per heavy atom. The van der Waals surface area contributed by atoms with Crippen molar-refractivity contribution in [2.24, 2.45) is 0 Å². The average molecular weight is 376 g/mol. The van der Waals surface area contributed by atoms with Crippen LogP contribution in [0.2, 0.25) is 0 Å². The third kappa shape index (κ3) is 6.40. The molecule has 0 heterocycles. The number of hydrogen-bond acceptors (Lipinski definition) is 4. The number of rotatable bonds is 9. The maximum atomic E-state index is 12.1. The summed E-state index contributed by atoms with van der Waals surface area (Å²) in [4.78, 5) is 13.8. The summed E-state index contributed by atoms with van der Waals surface area (Å²) >= 11 is 0. The molecule has 0 radical (unpaired) electrons. The maximum Gasteiger partial charge on any atom is 0.317 e. The van der Waals surface area contributed by atoms with Gasteiger partial charge in [0.05, 0.1) is 17.2 Å². The van der Waals surface area contributed by atoms with Crippen LogP contribution in [-0.2, 0) is 9.84 Å². The molecule has 0 aromatic heterocycles. The minimum atomic E-state index is -3.31. The lowest BCUT2D eigenvalue weighted by Crippen LogP contribution is -2.40. The van der Waals surface area contributed by atoms with E-state index in [9.17, 15) is 13.2 Å². The number of carbonyl (C=O) groups excluding carboxylic acids is 1. The molecule has 6 nitrogen and oxygen atoms in total. The molecule has 7 heteroatoms. The first-order valence-electron chi connectivity index (χ1n) is 8.44. The molecule has 0 saturated carbocycles. The van der Waals surface area contributed by atoms with Crippen LogP contribution >= 0.6 is 0 Å². The quantitative estimate of drug-likeness (QED) is 0.683. The van der Waals surface area contributed by atoms with Crippen molar-refractivity contribution in [1.82, 2.24) is 10.2 Å². The predicted octanol–water partition coefficient (Wildman–Crippen LogP) is 2.57. The third-order valence-corrected chi connectivity index (χ3v) is 5.57. The van der Waals surface area contributed by atoms with Gasteiger partial charge in [0.15, 0.2) is 9.84 Å². The van der Waals surface area contributed by atoms with E-state index < -0.39 is 9.84 Å². The van der Waals surface area contributed by atoms with Gasteiger partial charge in [-0.25, -0.2) is 13.2 Å². The van der Waals surface area contributed by atoms with Crippen molar-refractivity contribution in [2.45, 2.75) is 11.3 Å². The topological polar surface area (TPSA) is 75.7 Å². The lowest BCUT2D eigenvalue weighted by atomic mass is 10.3. The van der Waals surface area contributed by atoms with Crippen LogP contribution in [0.4, 0.5) is 4.79 Å². The van der Waals surface area contributed by atoms with Crippen molar-refractivity contribution in [3.05, 3.63) is 60.7 Å². The molecule has 0 saturated heterocycles. The van der Waals surface area contributed by atoms with Crippen LogP contribution in [0.3, 0.4) is 0 Å². The number of para-hydroxylation sites is 1. The van der Waals surface area contributed by atoms with Crippen LogP contribution in [0.1, 0.15) is 6.42 Å². The van der Waals surface area contributed by atoms with E-state index in [4.69, 9.17) is 4.74 Å². The molecule has 2 aromatic carbocycles. The number of nitrogens with one attached hydrogen (secondary N) is 1. The first-order chi connectivity index (χ1) is 12.5. The van der Waals surface area contributed by atoms with Gasteiger partial charge < -0.3 is 15.0 Å². The van der Waals surface area contributed by atoms with Crippen molar-refractivity contribution < 1.29 is 17.9 Å². The third-order valence-electron chi connectivity index (χ3n) is 3.75. The molecular weight excluding hydrogens is 352 g/mol. The summed E-state index contributed by atoms with van der Waals surface area (Å²) in [6, 6.07) is 17.5. The van der Waals surface area contributed by atoms with E-state index in [1.54, 1.807) is 37.4 Å². The average Bonchev–Trinajstić information content (AvgIpc) is 2.66.